The van der Waals surface area contributed by atoms with Crippen LogP contribution in [0.15, 0.2) is 42.5 Å². The molecule has 1 aromatic rings. The second-order valence-corrected chi connectivity index (χ2v) is 5.00. The van der Waals surface area contributed by atoms with Crippen molar-refractivity contribution in [1.29, 1.82) is 0 Å². The van der Waals surface area contributed by atoms with E-state index in [-0.39, 0.29) is 11.9 Å². The predicted molar refractivity (Wildman–Crippen MR) is 75.8 cm³/mol. The Morgan fingerprint density at radius 1 is 1.40 bits per heavy atom. The highest BCUT2D eigenvalue weighted by Crippen LogP contribution is 2.26. The molecule has 1 aromatic carbocycles. The van der Waals surface area contributed by atoms with Crippen molar-refractivity contribution < 1.29 is 14.3 Å². The van der Waals surface area contributed by atoms with E-state index in [0.717, 1.165) is 12.0 Å². The quantitative estimate of drug-likeness (QED) is 0.611. The third-order valence-electron chi connectivity index (χ3n) is 3.60. The molecule has 0 radical (unpaired) electrons. The number of nitrogens with zero attached hydrogens (tertiary/aromatic N) is 1. The molecule has 4 heteroatoms. The summed E-state index contributed by atoms with van der Waals surface area (Å²) in [7, 11) is 1.34. The van der Waals surface area contributed by atoms with Gasteiger partial charge in [0.15, 0.2) is 0 Å². The lowest BCUT2D eigenvalue weighted by Crippen LogP contribution is -2.33. The van der Waals surface area contributed by atoms with E-state index in [1.807, 2.05) is 35.2 Å². The average Bonchev–Trinajstić information content (AvgIpc) is 2.80. The number of carbonyl (C=O) groups is 2. The van der Waals surface area contributed by atoms with Gasteiger partial charge in [-0.1, -0.05) is 36.9 Å². The molecule has 0 aliphatic carbocycles. The van der Waals surface area contributed by atoms with Gasteiger partial charge in [-0.3, -0.25) is 4.79 Å². The molecule has 0 bridgehead atoms. The summed E-state index contributed by atoms with van der Waals surface area (Å²) in [6.07, 6.45) is 1.78. The number of hydrogen-bond donors (Lipinski definition) is 0. The maximum absolute atomic E-state index is 12.0. The number of likely N-dealkylation sites (tertiary alicyclic amines) is 1. The van der Waals surface area contributed by atoms with Crippen molar-refractivity contribution in [3.63, 3.8) is 0 Å². The van der Waals surface area contributed by atoms with Crippen molar-refractivity contribution in [2.75, 3.05) is 7.11 Å². The minimum Gasteiger partial charge on any atom is -0.466 e. The molecular formula is C16H19NO3. The van der Waals surface area contributed by atoms with Crippen LogP contribution >= 0.6 is 0 Å². The highest BCUT2D eigenvalue weighted by molar-refractivity contribution is 5.88. The lowest BCUT2D eigenvalue weighted by molar-refractivity contribution is -0.137. The Balaban J connectivity index is 2.03. The molecule has 1 amide bonds. The summed E-state index contributed by atoms with van der Waals surface area (Å²) in [5.74, 6) is -0.263. The first-order chi connectivity index (χ1) is 9.61. The van der Waals surface area contributed by atoms with Gasteiger partial charge in [0, 0.05) is 24.6 Å². The van der Waals surface area contributed by atoms with Gasteiger partial charge >= 0.3 is 5.97 Å². The summed E-state index contributed by atoms with van der Waals surface area (Å²) in [4.78, 5) is 25.2. The summed E-state index contributed by atoms with van der Waals surface area (Å²) >= 11 is 0. The standard InChI is InChI=1S/C16H19NO3/c1-12(16(19)20-2)10-14-8-9-15(18)17(14)11-13-6-4-3-5-7-13/h3-7,14H,1,8-11H2,2H3. The van der Waals surface area contributed by atoms with E-state index < -0.39 is 5.97 Å². The number of carbonyl (C=O) groups excluding carboxylic acids is 2. The molecule has 0 saturated carbocycles. The molecule has 0 spiro atoms. The van der Waals surface area contributed by atoms with Crippen LogP contribution in [0, 0.1) is 0 Å². The molecule has 0 N–H and O–H groups in total. The number of benzene rings is 1. The first kappa shape index (κ1) is 14.3. The first-order valence-electron chi connectivity index (χ1n) is 6.71. The number of amides is 1. The zero-order valence-electron chi connectivity index (χ0n) is 11.7. The van der Waals surface area contributed by atoms with Gasteiger partial charge in [-0.25, -0.2) is 4.79 Å². The Kier molecular flexibility index (Phi) is 4.56. The van der Waals surface area contributed by atoms with Gasteiger partial charge in [0.25, 0.3) is 0 Å². The first-order valence-corrected chi connectivity index (χ1v) is 6.71. The summed E-state index contributed by atoms with van der Waals surface area (Å²) in [5.41, 5.74) is 1.52. The fraction of sp³-hybridized carbons (Fsp3) is 0.375. The van der Waals surface area contributed by atoms with Crippen molar-refractivity contribution in [3.05, 3.63) is 48.0 Å². The monoisotopic (exact) mass is 273 g/mol. The molecule has 4 nitrogen and oxygen atoms in total. The van der Waals surface area contributed by atoms with E-state index in [1.165, 1.54) is 7.11 Å². The van der Waals surface area contributed by atoms with Gasteiger partial charge in [-0.15, -0.1) is 0 Å². The van der Waals surface area contributed by atoms with Crippen molar-refractivity contribution >= 4 is 11.9 Å². The second-order valence-electron chi connectivity index (χ2n) is 5.00. The van der Waals surface area contributed by atoms with Crippen molar-refractivity contribution in [2.45, 2.75) is 31.8 Å². The Labute approximate surface area is 119 Å². The summed E-state index contributed by atoms with van der Waals surface area (Å²) in [6.45, 7) is 4.33. The van der Waals surface area contributed by atoms with Crippen LogP contribution in [-0.4, -0.2) is 29.9 Å². The summed E-state index contributed by atoms with van der Waals surface area (Å²) in [5, 5.41) is 0. The SMILES string of the molecule is C=C(CC1CCC(=O)N1Cc1ccccc1)C(=O)OC. The Hall–Kier alpha value is -2.10. The molecular weight excluding hydrogens is 254 g/mol. The van der Waals surface area contributed by atoms with Crippen LogP contribution in [0.3, 0.4) is 0 Å². The van der Waals surface area contributed by atoms with Crippen LogP contribution in [0.4, 0.5) is 0 Å². The number of methoxy groups -OCH3 is 1. The van der Waals surface area contributed by atoms with Crippen LogP contribution in [0.5, 0.6) is 0 Å². The predicted octanol–water partition coefficient (Wildman–Crippen LogP) is 2.30. The van der Waals surface area contributed by atoms with Crippen molar-refractivity contribution in [1.82, 2.24) is 4.90 Å². The van der Waals surface area contributed by atoms with Gasteiger partial charge in [0.05, 0.1) is 7.11 Å². The lowest BCUT2D eigenvalue weighted by atomic mass is 10.0. The molecule has 1 saturated heterocycles. The van der Waals surface area contributed by atoms with Crippen LogP contribution in [0.25, 0.3) is 0 Å². The normalized spacial score (nSPS) is 18.1. The maximum Gasteiger partial charge on any atom is 0.333 e. The Bertz CT molecular complexity index is 510. The topological polar surface area (TPSA) is 46.6 Å². The highest BCUT2D eigenvalue weighted by Gasteiger charge is 2.32. The van der Waals surface area contributed by atoms with Gasteiger partial charge in [-0.2, -0.15) is 0 Å². The molecule has 106 valence electrons. The number of rotatable bonds is 5. The van der Waals surface area contributed by atoms with Crippen LogP contribution in [-0.2, 0) is 20.9 Å². The van der Waals surface area contributed by atoms with E-state index in [2.05, 4.69) is 11.3 Å². The molecule has 20 heavy (non-hydrogen) atoms. The van der Waals surface area contributed by atoms with E-state index >= 15 is 0 Å². The molecule has 1 aliphatic heterocycles. The van der Waals surface area contributed by atoms with Gasteiger partial charge in [0.1, 0.15) is 0 Å². The largest absolute Gasteiger partial charge is 0.466 e. The van der Waals surface area contributed by atoms with Crippen LogP contribution in [0.1, 0.15) is 24.8 Å². The van der Waals surface area contributed by atoms with E-state index in [0.29, 0.717) is 25.0 Å². The summed E-state index contributed by atoms with van der Waals surface area (Å²) < 4.78 is 4.66. The fourth-order valence-corrected chi connectivity index (χ4v) is 2.51. The number of hydrogen-bond acceptors (Lipinski definition) is 3. The number of ether oxygens (including phenoxy) is 1. The van der Waals surface area contributed by atoms with Gasteiger partial charge in [-0.05, 0) is 18.4 Å². The van der Waals surface area contributed by atoms with E-state index in [4.69, 9.17) is 0 Å². The minimum absolute atomic E-state index is 0.0364. The molecule has 1 fully saturated rings. The smallest absolute Gasteiger partial charge is 0.333 e. The number of esters is 1. The Morgan fingerprint density at radius 3 is 2.75 bits per heavy atom. The average molecular weight is 273 g/mol. The maximum atomic E-state index is 12.0. The molecule has 1 heterocycles. The molecule has 0 aromatic heterocycles. The minimum atomic E-state index is -0.399. The zero-order valence-corrected chi connectivity index (χ0v) is 11.7. The van der Waals surface area contributed by atoms with E-state index in [9.17, 15) is 9.59 Å². The van der Waals surface area contributed by atoms with Gasteiger partial charge < -0.3 is 9.64 Å². The molecule has 1 aliphatic rings. The lowest BCUT2D eigenvalue weighted by Gasteiger charge is -2.25. The third-order valence-corrected chi connectivity index (χ3v) is 3.60. The van der Waals surface area contributed by atoms with Crippen LogP contribution < -0.4 is 0 Å². The highest BCUT2D eigenvalue weighted by atomic mass is 16.5. The molecule has 2 rings (SSSR count). The third kappa shape index (κ3) is 3.26. The molecule has 1 unspecified atom stereocenters. The fourth-order valence-electron chi connectivity index (χ4n) is 2.51. The van der Waals surface area contributed by atoms with Crippen molar-refractivity contribution in [3.8, 4) is 0 Å². The Morgan fingerprint density at radius 2 is 2.10 bits per heavy atom. The van der Waals surface area contributed by atoms with Crippen molar-refractivity contribution in [2.24, 2.45) is 0 Å². The zero-order chi connectivity index (χ0) is 14.5. The van der Waals surface area contributed by atoms with E-state index in [1.54, 1.807) is 0 Å². The van der Waals surface area contributed by atoms with Gasteiger partial charge in [0.2, 0.25) is 5.91 Å². The second kappa shape index (κ2) is 6.37. The van der Waals surface area contributed by atoms with Crippen LogP contribution in [0.2, 0.25) is 0 Å². The summed E-state index contributed by atoms with van der Waals surface area (Å²) in [6, 6.07) is 9.90. The molecule has 1 atom stereocenters.